The highest BCUT2D eigenvalue weighted by Crippen LogP contribution is 2.29. The maximum Gasteiger partial charge on any atom is 0.471 e. The van der Waals surface area contributed by atoms with Crippen molar-refractivity contribution in [3.05, 3.63) is 71.6 Å². The van der Waals surface area contributed by atoms with Crippen molar-refractivity contribution in [3.63, 3.8) is 0 Å². The van der Waals surface area contributed by atoms with Gasteiger partial charge in [-0.15, -0.1) is 0 Å². The fraction of sp³-hybridized carbons (Fsp3) is 0.158. The molecule has 0 aliphatic rings. The van der Waals surface area contributed by atoms with Crippen molar-refractivity contribution >= 4 is 5.91 Å². The summed E-state index contributed by atoms with van der Waals surface area (Å²) in [6.45, 7) is 0.157. The minimum atomic E-state index is -4.73. The molecule has 0 aliphatic heterocycles. The molecule has 0 atom stereocenters. The molecule has 0 aliphatic carbocycles. The predicted octanol–water partition coefficient (Wildman–Crippen LogP) is 3.92. The van der Waals surface area contributed by atoms with Gasteiger partial charge in [-0.2, -0.15) is 23.4 Å². The number of nitrogens with zero attached hydrogens (tertiary/aromatic N) is 4. The lowest BCUT2D eigenvalue weighted by Gasteiger charge is -2.20. The molecule has 3 rings (SSSR count). The lowest BCUT2D eigenvalue weighted by atomic mass is 10.1. The van der Waals surface area contributed by atoms with E-state index in [9.17, 15) is 18.0 Å². The van der Waals surface area contributed by atoms with E-state index in [0.29, 0.717) is 0 Å². The largest absolute Gasteiger partial charge is 0.471 e. The van der Waals surface area contributed by atoms with Gasteiger partial charge in [0.2, 0.25) is 5.82 Å². The number of hydrogen-bond donors (Lipinski definition) is 0. The van der Waals surface area contributed by atoms with Gasteiger partial charge in [0.05, 0.1) is 6.07 Å². The minimum Gasteiger partial charge on any atom is -0.329 e. The molecule has 0 spiro atoms. The summed E-state index contributed by atoms with van der Waals surface area (Å²) in [5.74, 6) is -2.05. The molecule has 0 saturated carbocycles. The summed E-state index contributed by atoms with van der Waals surface area (Å²) in [7, 11) is 0. The first-order chi connectivity index (χ1) is 13.4. The number of halogens is 3. The summed E-state index contributed by atoms with van der Waals surface area (Å²) < 4.78 is 41.9. The Hall–Kier alpha value is -3.67. The first-order valence-corrected chi connectivity index (χ1v) is 8.10. The van der Waals surface area contributed by atoms with Gasteiger partial charge in [0.25, 0.3) is 5.91 Å². The Morgan fingerprint density at radius 3 is 2.36 bits per heavy atom. The summed E-state index contributed by atoms with van der Waals surface area (Å²) in [5, 5.41) is 12.3. The maximum atomic E-state index is 12.7. The Balaban J connectivity index is 1.78. The van der Waals surface area contributed by atoms with E-state index in [1.165, 1.54) is 29.2 Å². The third-order valence-corrected chi connectivity index (χ3v) is 3.82. The van der Waals surface area contributed by atoms with Crippen LogP contribution in [0.15, 0.2) is 59.1 Å². The fourth-order valence-corrected chi connectivity index (χ4v) is 2.49. The second kappa shape index (κ2) is 7.92. The Kier molecular flexibility index (Phi) is 5.40. The molecular weight excluding hydrogens is 373 g/mol. The normalized spacial score (nSPS) is 11.1. The fourth-order valence-electron chi connectivity index (χ4n) is 2.49. The van der Waals surface area contributed by atoms with E-state index in [1.54, 1.807) is 0 Å². The van der Waals surface area contributed by atoms with Gasteiger partial charge in [-0.3, -0.25) is 4.79 Å². The van der Waals surface area contributed by atoms with Crippen molar-refractivity contribution in [1.82, 2.24) is 15.0 Å². The van der Waals surface area contributed by atoms with Crippen LogP contribution in [0.2, 0.25) is 0 Å². The van der Waals surface area contributed by atoms with Gasteiger partial charge in [0.15, 0.2) is 0 Å². The van der Waals surface area contributed by atoms with E-state index >= 15 is 0 Å². The van der Waals surface area contributed by atoms with E-state index in [1.807, 2.05) is 36.4 Å². The zero-order valence-electron chi connectivity index (χ0n) is 14.3. The second-order valence-electron chi connectivity index (χ2n) is 5.80. The van der Waals surface area contributed by atoms with E-state index in [-0.39, 0.29) is 35.9 Å². The lowest BCUT2D eigenvalue weighted by molar-refractivity contribution is -0.159. The van der Waals surface area contributed by atoms with Crippen LogP contribution in [-0.2, 0) is 12.7 Å². The van der Waals surface area contributed by atoms with Gasteiger partial charge in [0.1, 0.15) is 6.54 Å². The molecule has 6 nitrogen and oxygen atoms in total. The number of aromatic nitrogens is 2. The average Bonchev–Trinajstić information content (AvgIpc) is 3.19. The Morgan fingerprint density at radius 1 is 1.11 bits per heavy atom. The molecule has 28 heavy (non-hydrogen) atoms. The minimum absolute atomic E-state index is 0.102. The van der Waals surface area contributed by atoms with Crippen molar-refractivity contribution in [1.29, 1.82) is 5.26 Å². The molecule has 0 radical (unpaired) electrons. The average molecular weight is 386 g/mol. The van der Waals surface area contributed by atoms with Crippen LogP contribution in [0.3, 0.4) is 0 Å². The Labute approximate surface area is 157 Å². The number of nitriles is 1. The van der Waals surface area contributed by atoms with Crippen LogP contribution >= 0.6 is 0 Å². The predicted molar refractivity (Wildman–Crippen MR) is 91.5 cm³/mol. The van der Waals surface area contributed by atoms with Crippen LogP contribution in [0.25, 0.3) is 11.4 Å². The van der Waals surface area contributed by atoms with E-state index in [0.717, 1.165) is 5.56 Å². The highest BCUT2D eigenvalue weighted by molar-refractivity contribution is 5.94. The molecule has 2 aromatic carbocycles. The van der Waals surface area contributed by atoms with Gasteiger partial charge < -0.3 is 9.42 Å². The number of benzene rings is 2. The molecule has 0 fully saturated rings. The van der Waals surface area contributed by atoms with Crippen molar-refractivity contribution in [2.45, 2.75) is 12.7 Å². The van der Waals surface area contributed by atoms with Crippen LogP contribution in [0.4, 0.5) is 13.2 Å². The third kappa shape index (κ3) is 4.35. The number of carbonyl (C=O) groups excluding carboxylic acids is 1. The molecule has 9 heteroatoms. The monoisotopic (exact) mass is 386 g/mol. The lowest BCUT2D eigenvalue weighted by Crippen LogP contribution is -2.30. The van der Waals surface area contributed by atoms with E-state index in [4.69, 9.17) is 5.26 Å². The topological polar surface area (TPSA) is 83.0 Å². The van der Waals surface area contributed by atoms with Crippen molar-refractivity contribution < 1.29 is 22.5 Å². The van der Waals surface area contributed by atoms with Gasteiger partial charge in [0, 0.05) is 17.7 Å². The second-order valence-corrected chi connectivity index (χ2v) is 5.80. The Morgan fingerprint density at radius 2 is 1.79 bits per heavy atom. The standard InChI is InChI=1S/C19H13F3N4O2/c20-19(21,22)18-24-16(25-28-18)14-6-8-15(9-7-14)17(27)26(11-10-23)12-13-4-2-1-3-5-13/h1-9H,11-12H2. The molecular formula is C19H13F3N4O2. The molecule has 1 amide bonds. The number of amides is 1. The van der Waals surface area contributed by atoms with E-state index in [2.05, 4.69) is 14.7 Å². The molecule has 1 aromatic heterocycles. The number of rotatable bonds is 5. The van der Waals surface area contributed by atoms with Crippen molar-refractivity contribution in [3.8, 4) is 17.5 Å². The zero-order chi connectivity index (χ0) is 20.1. The van der Waals surface area contributed by atoms with Gasteiger partial charge in [-0.1, -0.05) is 47.6 Å². The van der Waals surface area contributed by atoms with E-state index < -0.39 is 12.1 Å². The smallest absolute Gasteiger partial charge is 0.329 e. The van der Waals surface area contributed by atoms with Gasteiger partial charge in [-0.05, 0) is 17.7 Å². The number of alkyl halides is 3. The first-order valence-electron chi connectivity index (χ1n) is 8.10. The summed E-state index contributed by atoms with van der Waals surface area (Å²) >= 11 is 0. The molecule has 142 valence electrons. The number of hydrogen-bond acceptors (Lipinski definition) is 5. The first kappa shape index (κ1) is 19.1. The Bertz CT molecular complexity index is 993. The molecule has 0 N–H and O–H groups in total. The van der Waals surface area contributed by atoms with Gasteiger partial charge >= 0.3 is 12.1 Å². The summed E-state index contributed by atoms with van der Waals surface area (Å²) in [4.78, 5) is 17.4. The summed E-state index contributed by atoms with van der Waals surface area (Å²) in [6.07, 6.45) is -4.73. The molecule has 1 heterocycles. The van der Waals surface area contributed by atoms with Crippen LogP contribution in [0, 0.1) is 11.3 Å². The van der Waals surface area contributed by atoms with Gasteiger partial charge in [-0.25, -0.2) is 0 Å². The third-order valence-electron chi connectivity index (χ3n) is 3.82. The molecule has 3 aromatic rings. The summed E-state index contributed by atoms with van der Waals surface area (Å²) in [5.41, 5.74) is 1.43. The molecule has 0 unspecified atom stereocenters. The van der Waals surface area contributed by atoms with Crippen LogP contribution < -0.4 is 0 Å². The number of carbonyl (C=O) groups is 1. The zero-order valence-corrected chi connectivity index (χ0v) is 14.3. The quantitative estimate of drug-likeness (QED) is 0.621. The molecule has 0 saturated heterocycles. The maximum absolute atomic E-state index is 12.7. The van der Waals surface area contributed by atoms with Crippen LogP contribution in [0.5, 0.6) is 0 Å². The van der Waals surface area contributed by atoms with Crippen LogP contribution in [0.1, 0.15) is 21.8 Å². The SMILES string of the molecule is N#CCN(Cc1ccccc1)C(=O)c1ccc(-c2noc(C(F)(F)F)n2)cc1. The molecule has 0 bridgehead atoms. The highest BCUT2D eigenvalue weighted by Gasteiger charge is 2.38. The highest BCUT2D eigenvalue weighted by atomic mass is 19.4. The summed E-state index contributed by atoms with van der Waals surface area (Å²) in [6, 6.07) is 16.9. The van der Waals surface area contributed by atoms with Crippen molar-refractivity contribution in [2.24, 2.45) is 0 Å². The van der Waals surface area contributed by atoms with Crippen molar-refractivity contribution in [2.75, 3.05) is 6.54 Å². The van der Waals surface area contributed by atoms with Crippen LogP contribution in [-0.4, -0.2) is 27.5 Å².